The average molecular weight is 422 g/mol. The van der Waals surface area contributed by atoms with Crippen molar-refractivity contribution in [2.75, 3.05) is 37.6 Å². The van der Waals surface area contributed by atoms with E-state index in [1.165, 1.54) is 20.3 Å². The quantitative estimate of drug-likeness (QED) is 0.635. The highest BCUT2D eigenvalue weighted by atomic mass is 16.5. The van der Waals surface area contributed by atoms with Crippen LogP contribution in [0.1, 0.15) is 22.3 Å². The molecule has 1 aliphatic heterocycles. The molecule has 0 saturated heterocycles. The minimum atomic E-state index is -0.760. The fourth-order valence-electron chi connectivity index (χ4n) is 3.75. The summed E-state index contributed by atoms with van der Waals surface area (Å²) in [6.07, 6.45) is 1.70. The Labute approximate surface area is 178 Å². The number of ether oxygens (including phenoxy) is 2. The largest absolute Gasteiger partial charge is 0.493 e. The second-order valence-electron chi connectivity index (χ2n) is 7.21. The third-order valence-corrected chi connectivity index (χ3v) is 5.22. The fraction of sp³-hybridized carbons (Fsp3) is 0.261. The van der Waals surface area contributed by atoms with E-state index in [0.717, 1.165) is 24.1 Å². The minimum absolute atomic E-state index is 0.0162. The summed E-state index contributed by atoms with van der Waals surface area (Å²) in [4.78, 5) is 39.3. The highest BCUT2D eigenvalue weighted by Crippen LogP contribution is 2.30. The molecule has 1 N–H and O–H groups in total. The first-order chi connectivity index (χ1) is 15.0. The van der Waals surface area contributed by atoms with Gasteiger partial charge < -0.3 is 24.1 Å². The molecule has 3 aromatic rings. The van der Waals surface area contributed by atoms with Gasteiger partial charge in [0, 0.05) is 30.4 Å². The van der Waals surface area contributed by atoms with E-state index in [0.29, 0.717) is 23.4 Å². The third-order valence-electron chi connectivity index (χ3n) is 5.22. The number of benzene rings is 2. The van der Waals surface area contributed by atoms with Crippen molar-refractivity contribution in [3.63, 3.8) is 0 Å². The van der Waals surface area contributed by atoms with Gasteiger partial charge in [-0.2, -0.15) is 0 Å². The minimum Gasteiger partial charge on any atom is -0.493 e. The molecule has 1 aliphatic rings. The standard InChI is InChI=1S/C23H22N2O6/c1-29-13-20(26)25-10-4-6-14-8-9-16(12-18(14)25)24-22(27)17-11-15-5-3-7-19(30-2)21(15)31-23(17)28/h3,5,7-9,11-12H,4,6,10,13H2,1-2H3,(H,24,27). The number of methoxy groups -OCH3 is 2. The highest BCUT2D eigenvalue weighted by Gasteiger charge is 2.23. The summed E-state index contributed by atoms with van der Waals surface area (Å²) in [6, 6.07) is 12.0. The van der Waals surface area contributed by atoms with E-state index in [-0.39, 0.29) is 23.7 Å². The Morgan fingerprint density at radius 3 is 2.77 bits per heavy atom. The van der Waals surface area contributed by atoms with Crippen molar-refractivity contribution in [3.8, 4) is 5.75 Å². The summed E-state index contributed by atoms with van der Waals surface area (Å²) in [6.45, 7) is 0.570. The van der Waals surface area contributed by atoms with E-state index in [4.69, 9.17) is 13.9 Å². The zero-order chi connectivity index (χ0) is 22.0. The summed E-state index contributed by atoms with van der Waals surface area (Å²) in [7, 11) is 2.95. The van der Waals surface area contributed by atoms with Gasteiger partial charge in [-0.3, -0.25) is 9.59 Å². The number of amides is 2. The first kappa shape index (κ1) is 20.6. The van der Waals surface area contributed by atoms with Gasteiger partial charge in [0.15, 0.2) is 11.3 Å². The van der Waals surface area contributed by atoms with Crippen LogP contribution in [0.5, 0.6) is 5.75 Å². The monoisotopic (exact) mass is 422 g/mol. The summed E-state index contributed by atoms with van der Waals surface area (Å²) in [5.41, 5.74) is 1.64. The SMILES string of the molecule is COCC(=O)N1CCCc2ccc(NC(=O)c3cc4cccc(OC)c4oc3=O)cc21. The molecular formula is C23H22N2O6. The van der Waals surface area contributed by atoms with Gasteiger partial charge in [-0.1, -0.05) is 18.2 Å². The molecule has 160 valence electrons. The number of fused-ring (bicyclic) bond motifs is 2. The number of anilines is 2. The van der Waals surface area contributed by atoms with Crippen LogP contribution in [0, 0.1) is 0 Å². The number of aryl methyl sites for hydroxylation is 1. The Hall–Kier alpha value is -3.65. The van der Waals surface area contributed by atoms with E-state index in [1.807, 2.05) is 6.07 Å². The van der Waals surface area contributed by atoms with Crippen LogP contribution in [0.15, 0.2) is 51.7 Å². The second-order valence-corrected chi connectivity index (χ2v) is 7.21. The number of hydrogen-bond donors (Lipinski definition) is 1. The molecule has 0 unspecified atom stereocenters. The van der Waals surface area contributed by atoms with Gasteiger partial charge in [0.25, 0.3) is 11.8 Å². The van der Waals surface area contributed by atoms with E-state index in [9.17, 15) is 14.4 Å². The van der Waals surface area contributed by atoms with E-state index in [2.05, 4.69) is 5.32 Å². The number of nitrogens with one attached hydrogen (secondary N) is 1. The number of rotatable bonds is 5. The van der Waals surface area contributed by atoms with Gasteiger partial charge in [0.05, 0.1) is 7.11 Å². The van der Waals surface area contributed by atoms with Crippen molar-refractivity contribution >= 4 is 34.2 Å². The van der Waals surface area contributed by atoms with Crippen molar-refractivity contribution in [2.45, 2.75) is 12.8 Å². The normalized spacial score (nSPS) is 13.0. The van der Waals surface area contributed by atoms with Gasteiger partial charge in [-0.15, -0.1) is 0 Å². The van der Waals surface area contributed by atoms with E-state index in [1.54, 1.807) is 35.2 Å². The summed E-state index contributed by atoms with van der Waals surface area (Å²) in [5, 5.41) is 3.31. The van der Waals surface area contributed by atoms with Crippen molar-refractivity contribution < 1.29 is 23.5 Å². The molecule has 1 aromatic heterocycles. The van der Waals surface area contributed by atoms with Crippen LogP contribution in [0.3, 0.4) is 0 Å². The summed E-state index contributed by atoms with van der Waals surface area (Å²) in [5.74, 6) is -0.322. The lowest BCUT2D eigenvalue weighted by Gasteiger charge is -2.29. The number of para-hydroxylation sites is 1. The van der Waals surface area contributed by atoms with Crippen molar-refractivity contribution in [2.24, 2.45) is 0 Å². The van der Waals surface area contributed by atoms with Gasteiger partial charge >= 0.3 is 5.63 Å². The van der Waals surface area contributed by atoms with Crippen molar-refractivity contribution in [3.05, 3.63) is 64.0 Å². The topological polar surface area (TPSA) is 98.1 Å². The Balaban J connectivity index is 1.64. The Kier molecular flexibility index (Phi) is 5.73. The maximum absolute atomic E-state index is 12.8. The lowest BCUT2D eigenvalue weighted by molar-refractivity contribution is -0.122. The molecule has 0 bridgehead atoms. The molecule has 0 radical (unpaired) electrons. The zero-order valence-electron chi connectivity index (χ0n) is 17.3. The number of carbonyl (C=O) groups is 2. The predicted octanol–water partition coefficient (Wildman–Crippen LogP) is 2.98. The zero-order valence-corrected chi connectivity index (χ0v) is 17.3. The van der Waals surface area contributed by atoms with Crippen LogP contribution in [0.2, 0.25) is 0 Å². The van der Waals surface area contributed by atoms with Crippen LogP contribution in [-0.4, -0.2) is 39.2 Å². The highest BCUT2D eigenvalue weighted by molar-refractivity contribution is 6.06. The molecule has 31 heavy (non-hydrogen) atoms. The van der Waals surface area contributed by atoms with Crippen LogP contribution < -0.4 is 20.6 Å². The molecule has 0 atom stereocenters. The first-order valence-electron chi connectivity index (χ1n) is 9.86. The lowest BCUT2D eigenvalue weighted by atomic mass is 10.0. The first-order valence-corrected chi connectivity index (χ1v) is 9.86. The third kappa shape index (κ3) is 4.02. The molecule has 8 heteroatoms. The fourth-order valence-corrected chi connectivity index (χ4v) is 3.75. The molecule has 0 fully saturated rings. The molecular weight excluding hydrogens is 400 g/mol. The van der Waals surface area contributed by atoms with Crippen molar-refractivity contribution in [1.82, 2.24) is 0 Å². The number of nitrogens with zero attached hydrogens (tertiary/aromatic N) is 1. The molecule has 0 saturated carbocycles. The Morgan fingerprint density at radius 2 is 2.00 bits per heavy atom. The molecule has 0 aliphatic carbocycles. The number of carbonyl (C=O) groups excluding carboxylic acids is 2. The smallest absolute Gasteiger partial charge is 0.349 e. The summed E-state index contributed by atoms with van der Waals surface area (Å²) >= 11 is 0. The second kappa shape index (κ2) is 8.61. The predicted molar refractivity (Wildman–Crippen MR) is 116 cm³/mol. The van der Waals surface area contributed by atoms with Gasteiger partial charge in [0.1, 0.15) is 12.2 Å². The maximum Gasteiger partial charge on any atom is 0.349 e. The van der Waals surface area contributed by atoms with E-state index < -0.39 is 11.5 Å². The average Bonchev–Trinajstić information content (AvgIpc) is 2.77. The van der Waals surface area contributed by atoms with Gasteiger partial charge in [-0.05, 0) is 42.7 Å². The molecule has 0 spiro atoms. The number of hydrogen-bond acceptors (Lipinski definition) is 6. The van der Waals surface area contributed by atoms with Crippen LogP contribution in [0.4, 0.5) is 11.4 Å². The van der Waals surface area contributed by atoms with Crippen LogP contribution >= 0.6 is 0 Å². The van der Waals surface area contributed by atoms with Gasteiger partial charge in [-0.25, -0.2) is 4.79 Å². The molecule has 4 rings (SSSR count). The van der Waals surface area contributed by atoms with Crippen molar-refractivity contribution in [1.29, 1.82) is 0 Å². The van der Waals surface area contributed by atoms with E-state index >= 15 is 0 Å². The lowest BCUT2D eigenvalue weighted by Crippen LogP contribution is -2.37. The van der Waals surface area contributed by atoms with Crippen LogP contribution in [-0.2, 0) is 16.0 Å². The molecule has 2 amide bonds. The molecule has 2 aromatic carbocycles. The summed E-state index contributed by atoms with van der Waals surface area (Å²) < 4.78 is 15.5. The Morgan fingerprint density at radius 1 is 1.16 bits per heavy atom. The maximum atomic E-state index is 12.8. The van der Waals surface area contributed by atoms with Gasteiger partial charge in [0.2, 0.25) is 0 Å². The van der Waals surface area contributed by atoms with Crippen LogP contribution in [0.25, 0.3) is 11.0 Å². The molecule has 2 heterocycles. The Bertz CT molecular complexity index is 1220. The molecule has 8 nitrogen and oxygen atoms in total.